The molecule has 1 saturated carbocycles. The zero-order valence-electron chi connectivity index (χ0n) is 11.4. The summed E-state index contributed by atoms with van der Waals surface area (Å²) in [6.07, 6.45) is 4.36. The van der Waals surface area contributed by atoms with Gasteiger partial charge in [-0.2, -0.15) is 11.3 Å². The van der Waals surface area contributed by atoms with E-state index in [1.54, 1.807) is 29.5 Å². The summed E-state index contributed by atoms with van der Waals surface area (Å²) < 4.78 is 9.06. The first-order chi connectivity index (χ1) is 10.4. The van der Waals surface area contributed by atoms with Crippen molar-refractivity contribution in [3.05, 3.63) is 59.0 Å². The van der Waals surface area contributed by atoms with Gasteiger partial charge in [0, 0.05) is 15.8 Å². The van der Waals surface area contributed by atoms with Crippen molar-refractivity contribution in [2.75, 3.05) is 4.72 Å². The number of benzene rings is 1. The van der Waals surface area contributed by atoms with Gasteiger partial charge in [-0.15, -0.1) is 0 Å². The van der Waals surface area contributed by atoms with E-state index in [1.165, 1.54) is 23.3 Å². The number of furan rings is 1. The molecule has 3 aromatic rings. The van der Waals surface area contributed by atoms with Crippen molar-refractivity contribution < 1.29 is 4.42 Å². The number of anilines is 1. The molecule has 0 radical (unpaired) electrons. The Kier molecular flexibility index (Phi) is 3.49. The van der Waals surface area contributed by atoms with Crippen LogP contribution in [0.3, 0.4) is 0 Å². The third-order valence-corrected chi connectivity index (χ3v) is 5.30. The van der Waals surface area contributed by atoms with E-state index in [0.717, 1.165) is 22.9 Å². The second-order valence-corrected chi connectivity index (χ2v) is 6.88. The highest BCUT2D eigenvalue weighted by atomic mass is 32.2. The third-order valence-electron chi connectivity index (χ3n) is 3.65. The van der Waals surface area contributed by atoms with Gasteiger partial charge in [-0.05, 0) is 72.0 Å². The number of thiophene rings is 1. The maximum Gasteiger partial charge on any atom is 0.135 e. The van der Waals surface area contributed by atoms with E-state index in [1.807, 2.05) is 12.1 Å². The fourth-order valence-corrected chi connectivity index (χ4v) is 3.88. The topological polar surface area (TPSA) is 25.2 Å². The quantitative estimate of drug-likeness (QED) is 0.584. The van der Waals surface area contributed by atoms with E-state index in [9.17, 15) is 0 Å². The molecule has 106 valence electrons. The summed E-state index contributed by atoms with van der Waals surface area (Å²) in [6.45, 7) is 0. The predicted octanol–water partition coefficient (Wildman–Crippen LogP) is 6.00. The highest BCUT2D eigenvalue weighted by Gasteiger charge is 2.24. The largest absolute Gasteiger partial charge is 0.464 e. The van der Waals surface area contributed by atoms with Gasteiger partial charge in [0.15, 0.2) is 0 Å². The molecule has 0 unspecified atom stereocenters. The number of hydrogen-bond donors (Lipinski definition) is 1. The lowest BCUT2D eigenvalue weighted by Gasteiger charge is -2.11. The van der Waals surface area contributed by atoms with Crippen LogP contribution in [0.25, 0.3) is 11.3 Å². The summed E-state index contributed by atoms with van der Waals surface area (Å²) in [5, 5.41) is 4.23. The molecular formula is C17H15NOS2. The van der Waals surface area contributed by atoms with Crippen LogP contribution >= 0.6 is 23.3 Å². The minimum Gasteiger partial charge on any atom is -0.464 e. The Morgan fingerprint density at radius 2 is 2.14 bits per heavy atom. The zero-order chi connectivity index (χ0) is 14.1. The van der Waals surface area contributed by atoms with Gasteiger partial charge in [-0.3, -0.25) is 0 Å². The fourth-order valence-electron chi connectivity index (χ4n) is 2.38. The molecule has 21 heavy (non-hydrogen) atoms. The van der Waals surface area contributed by atoms with Crippen LogP contribution in [0.4, 0.5) is 5.69 Å². The molecule has 0 spiro atoms. The second-order valence-electron chi connectivity index (χ2n) is 5.22. The van der Waals surface area contributed by atoms with E-state index in [-0.39, 0.29) is 0 Å². The minimum absolute atomic E-state index is 0.747. The standard InChI is InChI=1S/C17H15NOS2/c1-2-17(19-8-1)15-10-13(12-3-4-12)5-6-16(15)18-21-14-7-9-20-11-14/h1-2,5-12,18H,3-4H2. The number of hydrogen-bond acceptors (Lipinski definition) is 4. The predicted molar refractivity (Wildman–Crippen MR) is 89.9 cm³/mol. The fraction of sp³-hybridized carbons (Fsp3) is 0.176. The second kappa shape index (κ2) is 5.62. The normalized spacial score (nSPS) is 14.3. The molecule has 0 atom stereocenters. The molecule has 1 aliphatic carbocycles. The van der Waals surface area contributed by atoms with E-state index in [2.05, 4.69) is 39.7 Å². The Morgan fingerprint density at radius 3 is 2.86 bits per heavy atom. The van der Waals surface area contributed by atoms with Crippen molar-refractivity contribution in [2.45, 2.75) is 23.7 Å². The Balaban J connectivity index is 1.65. The van der Waals surface area contributed by atoms with E-state index >= 15 is 0 Å². The van der Waals surface area contributed by atoms with Crippen molar-refractivity contribution in [3.63, 3.8) is 0 Å². The lowest BCUT2D eigenvalue weighted by atomic mass is 10.0. The lowest BCUT2D eigenvalue weighted by Crippen LogP contribution is -1.91. The minimum atomic E-state index is 0.747. The van der Waals surface area contributed by atoms with Crippen molar-refractivity contribution in [2.24, 2.45) is 0 Å². The molecule has 2 aromatic heterocycles. The number of rotatable bonds is 5. The molecule has 1 aromatic carbocycles. The van der Waals surface area contributed by atoms with Crippen LogP contribution in [0.2, 0.25) is 0 Å². The van der Waals surface area contributed by atoms with Gasteiger partial charge in [0.25, 0.3) is 0 Å². The summed E-state index contributed by atoms with van der Waals surface area (Å²) in [7, 11) is 0. The average molecular weight is 313 g/mol. The summed E-state index contributed by atoms with van der Waals surface area (Å²) in [5.74, 6) is 1.67. The van der Waals surface area contributed by atoms with Crippen molar-refractivity contribution in [1.82, 2.24) is 0 Å². The first-order valence-corrected chi connectivity index (χ1v) is 8.79. The summed E-state index contributed by atoms with van der Waals surface area (Å²) in [4.78, 5) is 1.23. The molecule has 2 nitrogen and oxygen atoms in total. The Morgan fingerprint density at radius 1 is 1.19 bits per heavy atom. The van der Waals surface area contributed by atoms with Gasteiger partial charge in [0.05, 0.1) is 12.0 Å². The molecular weight excluding hydrogens is 298 g/mol. The van der Waals surface area contributed by atoms with Crippen LogP contribution in [0.1, 0.15) is 24.3 Å². The van der Waals surface area contributed by atoms with Gasteiger partial charge in [-0.25, -0.2) is 0 Å². The van der Waals surface area contributed by atoms with Gasteiger partial charge in [0.1, 0.15) is 5.76 Å². The van der Waals surface area contributed by atoms with Crippen LogP contribution in [-0.2, 0) is 0 Å². The van der Waals surface area contributed by atoms with Gasteiger partial charge < -0.3 is 9.14 Å². The molecule has 4 rings (SSSR count). The maximum absolute atomic E-state index is 5.61. The monoisotopic (exact) mass is 313 g/mol. The van der Waals surface area contributed by atoms with E-state index in [0.29, 0.717) is 0 Å². The summed E-state index contributed by atoms with van der Waals surface area (Å²) >= 11 is 3.35. The van der Waals surface area contributed by atoms with Crippen molar-refractivity contribution in [1.29, 1.82) is 0 Å². The van der Waals surface area contributed by atoms with Crippen molar-refractivity contribution >= 4 is 29.0 Å². The van der Waals surface area contributed by atoms with Crippen molar-refractivity contribution in [3.8, 4) is 11.3 Å². The van der Waals surface area contributed by atoms with Crippen LogP contribution in [-0.4, -0.2) is 0 Å². The third kappa shape index (κ3) is 2.87. The van der Waals surface area contributed by atoms with Gasteiger partial charge in [0.2, 0.25) is 0 Å². The van der Waals surface area contributed by atoms with Crippen LogP contribution in [0, 0.1) is 0 Å². The Bertz CT molecular complexity index is 715. The van der Waals surface area contributed by atoms with Crippen LogP contribution < -0.4 is 4.72 Å². The molecule has 0 aliphatic heterocycles. The molecule has 1 fully saturated rings. The smallest absolute Gasteiger partial charge is 0.135 e. The molecule has 1 aliphatic rings. The molecule has 0 bridgehead atoms. The summed E-state index contributed by atoms with van der Waals surface area (Å²) in [6, 6.07) is 12.8. The maximum atomic E-state index is 5.61. The Labute approximate surface area is 132 Å². The molecule has 4 heteroatoms. The number of nitrogens with one attached hydrogen (secondary N) is 1. The van der Waals surface area contributed by atoms with Gasteiger partial charge in [-0.1, -0.05) is 6.07 Å². The van der Waals surface area contributed by atoms with Gasteiger partial charge >= 0.3 is 0 Å². The van der Waals surface area contributed by atoms with Crippen LogP contribution in [0.5, 0.6) is 0 Å². The first kappa shape index (κ1) is 13.0. The Hall–Kier alpha value is -1.65. The van der Waals surface area contributed by atoms with Crippen LogP contribution in [0.15, 0.2) is 62.7 Å². The summed E-state index contributed by atoms with van der Waals surface area (Å²) in [5.41, 5.74) is 3.67. The molecule has 1 N–H and O–H groups in total. The van der Waals surface area contributed by atoms with E-state index < -0.39 is 0 Å². The van der Waals surface area contributed by atoms with E-state index in [4.69, 9.17) is 4.42 Å². The average Bonchev–Trinajstić information content (AvgIpc) is 3.02. The highest BCUT2D eigenvalue weighted by Crippen LogP contribution is 2.43. The lowest BCUT2D eigenvalue weighted by molar-refractivity contribution is 0.582. The first-order valence-electron chi connectivity index (χ1n) is 7.03. The molecule has 2 heterocycles. The highest BCUT2D eigenvalue weighted by molar-refractivity contribution is 8.00. The molecule has 0 amide bonds. The zero-order valence-corrected chi connectivity index (χ0v) is 13.0. The SMILES string of the molecule is c1coc(-c2cc(C3CC3)ccc2NSc2ccsc2)c1. The molecule has 0 saturated heterocycles.